The van der Waals surface area contributed by atoms with Gasteiger partial charge in [-0.05, 0) is 24.3 Å². The smallest absolute Gasteiger partial charge is 0.408 e. The molecule has 1 rings (SSSR count). The summed E-state index contributed by atoms with van der Waals surface area (Å²) in [5.41, 5.74) is 0.841. The molecular weight excluding hydrogens is 348 g/mol. The van der Waals surface area contributed by atoms with Crippen LogP contribution < -0.4 is 10.6 Å². The summed E-state index contributed by atoms with van der Waals surface area (Å²) in [4.78, 5) is 36.5. The van der Waals surface area contributed by atoms with E-state index in [1.807, 2.05) is 30.3 Å². The van der Waals surface area contributed by atoms with E-state index in [0.717, 1.165) is 5.56 Å². The van der Waals surface area contributed by atoms with Crippen LogP contribution in [0, 0.1) is 5.92 Å². The van der Waals surface area contributed by atoms with Crippen LogP contribution in [0.15, 0.2) is 43.0 Å². The first-order chi connectivity index (χ1) is 12.9. The normalized spacial score (nSPS) is 12.6. The number of alkyl carbamates (subject to hydrolysis) is 1. The minimum Gasteiger partial charge on any atom is -0.467 e. The lowest BCUT2D eigenvalue weighted by Crippen LogP contribution is -2.53. The monoisotopic (exact) mass is 376 g/mol. The molecule has 7 heteroatoms. The second-order valence-electron chi connectivity index (χ2n) is 6.38. The van der Waals surface area contributed by atoms with E-state index in [1.54, 1.807) is 19.9 Å². The van der Waals surface area contributed by atoms with E-state index in [2.05, 4.69) is 17.2 Å². The van der Waals surface area contributed by atoms with Gasteiger partial charge in [-0.3, -0.25) is 4.79 Å². The van der Waals surface area contributed by atoms with Crippen molar-refractivity contribution in [3.05, 3.63) is 48.6 Å². The molecule has 0 fully saturated rings. The van der Waals surface area contributed by atoms with Crippen LogP contribution in [0.2, 0.25) is 0 Å². The summed E-state index contributed by atoms with van der Waals surface area (Å²) in [6, 6.07) is 7.58. The minimum atomic E-state index is -0.843. The molecule has 0 aliphatic heterocycles. The molecular formula is C20H28N2O5. The number of benzene rings is 1. The summed E-state index contributed by atoms with van der Waals surface area (Å²) in [5.74, 6) is -1.22. The van der Waals surface area contributed by atoms with Crippen LogP contribution in [0.1, 0.15) is 32.3 Å². The van der Waals surface area contributed by atoms with Gasteiger partial charge in [0.25, 0.3) is 0 Å². The lowest BCUT2D eigenvalue weighted by Gasteiger charge is -2.24. The quantitative estimate of drug-likeness (QED) is 0.483. The number of hydrogen-bond acceptors (Lipinski definition) is 5. The van der Waals surface area contributed by atoms with Gasteiger partial charge in [0.2, 0.25) is 5.91 Å². The predicted molar refractivity (Wildman–Crippen MR) is 102 cm³/mol. The maximum absolute atomic E-state index is 12.6. The van der Waals surface area contributed by atoms with Crippen molar-refractivity contribution in [1.29, 1.82) is 0 Å². The largest absolute Gasteiger partial charge is 0.467 e. The number of nitrogens with one attached hydrogen (secondary N) is 2. The molecule has 2 amide bonds. The van der Waals surface area contributed by atoms with E-state index in [4.69, 9.17) is 9.47 Å². The molecule has 0 unspecified atom stereocenters. The molecule has 2 N–H and O–H groups in total. The Labute approximate surface area is 160 Å². The summed E-state index contributed by atoms with van der Waals surface area (Å²) in [7, 11) is 1.26. The van der Waals surface area contributed by atoms with Crippen LogP contribution in [0.5, 0.6) is 0 Å². The van der Waals surface area contributed by atoms with Crippen LogP contribution in [-0.2, 0) is 25.7 Å². The summed E-state index contributed by atoms with van der Waals surface area (Å²) in [5, 5.41) is 5.19. The van der Waals surface area contributed by atoms with Crippen molar-refractivity contribution in [2.45, 2.75) is 45.4 Å². The number of amides is 2. The van der Waals surface area contributed by atoms with Crippen molar-refractivity contribution in [1.82, 2.24) is 10.6 Å². The molecule has 0 spiro atoms. The van der Waals surface area contributed by atoms with E-state index in [9.17, 15) is 14.4 Å². The van der Waals surface area contributed by atoms with Crippen LogP contribution in [0.4, 0.5) is 4.79 Å². The second kappa shape index (κ2) is 11.7. The Morgan fingerprint density at radius 1 is 1.15 bits per heavy atom. The minimum absolute atomic E-state index is 0.100. The third-order valence-corrected chi connectivity index (χ3v) is 3.90. The SMILES string of the molecule is C=CCC[C@@H](NC(=O)[C@@H](NC(=O)OCc1ccccc1)C(C)C)C(=O)OC. The maximum atomic E-state index is 12.6. The predicted octanol–water partition coefficient (Wildman–Crippen LogP) is 2.56. The summed E-state index contributed by atoms with van der Waals surface area (Å²) < 4.78 is 9.88. The highest BCUT2D eigenvalue weighted by atomic mass is 16.5. The van der Waals surface area contributed by atoms with Gasteiger partial charge in [0.1, 0.15) is 18.7 Å². The zero-order valence-electron chi connectivity index (χ0n) is 16.1. The van der Waals surface area contributed by atoms with E-state index in [-0.39, 0.29) is 12.5 Å². The molecule has 7 nitrogen and oxygen atoms in total. The first-order valence-electron chi connectivity index (χ1n) is 8.85. The Hall–Kier alpha value is -2.83. The molecule has 2 atom stereocenters. The number of carbonyl (C=O) groups is 3. The molecule has 0 saturated carbocycles. The van der Waals surface area contributed by atoms with E-state index >= 15 is 0 Å². The summed E-state index contributed by atoms with van der Waals surface area (Å²) in [6.07, 6.45) is 1.86. The molecule has 0 radical (unpaired) electrons. The van der Waals surface area contributed by atoms with Crippen LogP contribution in [-0.4, -0.2) is 37.2 Å². The fourth-order valence-electron chi connectivity index (χ4n) is 2.36. The first-order valence-corrected chi connectivity index (χ1v) is 8.85. The van der Waals surface area contributed by atoms with E-state index in [0.29, 0.717) is 12.8 Å². The van der Waals surface area contributed by atoms with Gasteiger partial charge < -0.3 is 20.1 Å². The van der Waals surface area contributed by atoms with Crippen molar-refractivity contribution in [3.8, 4) is 0 Å². The Bertz CT molecular complexity index is 631. The van der Waals surface area contributed by atoms with Gasteiger partial charge in [0.05, 0.1) is 7.11 Å². The lowest BCUT2D eigenvalue weighted by molar-refractivity contribution is -0.145. The van der Waals surface area contributed by atoms with E-state index in [1.165, 1.54) is 7.11 Å². The molecule has 27 heavy (non-hydrogen) atoms. The van der Waals surface area contributed by atoms with Gasteiger partial charge in [-0.25, -0.2) is 9.59 Å². The second-order valence-corrected chi connectivity index (χ2v) is 6.38. The van der Waals surface area contributed by atoms with Crippen molar-refractivity contribution in [2.75, 3.05) is 7.11 Å². The first kappa shape index (κ1) is 22.2. The molecule has 0 aromatic heterocycles. The van der Waals surface area contributed by atoms with Gasteiger partial charge in [0.15, 0.2) is 0 Å². The van der Waals surface area contributed by atoms with Crippen molar-refractivity contribution >= 4 is 18.0 Å². The Kier molecular flexibility index (Phi) is 9.64. The molecule has 148 valence electrons. The Morgan fingerprint density at radius 2 is 1.81 bits per heavy atom. The molecule has 0 aliphatic rings. The molecule has 1 aromatic rings. The number of allylic oxidation sites excluding steroid dienone is 1. The van der Waals surface area contributed by atoms with Gasteiger partial charge in [-0.15, -0.1) is 6.58 Å². The third-order valence-electron chi connectivity index (χ3n) is 3.90. The standard InChI is InChI=1S/C20H28N2O5/c1-5-6-12-16(19(24)26-4)21-18(23)17(14(2)3)22-20(25)27-13-15-10-8-7-9-11-15/h5,7-11,14,16-17H,1,6,12-13H2,2-4H3,(H,21,23)(H,22,25)/t16-,17+/m1/s1. The number of rotatable bonds is 10. The Morgan fingerprint density at radius 3 is 2.37 bits per heavy atom. The molecule has 0 bridgehead atoms. The average molecular weight is 376 g/mol. The van der Waals surface area contributed by atoms with Crippen molar-refractivity contribution in [3.63, 3.8) is 0 Å². The number of esters is 1. The van der Waals surface area contributed by atoms with Crippen LogP contribution in [0.3, 0.4) is 0 Å². The van der Waals surface area contributed by atoms with Crippen molar-refractivity contribution in [2.24, 2.45) is 5.92 Å². The molecule has 0 aliphatic carbocycles. The average Bonchev–Trinajstić information content (AvgIpc) is 2.67. The number of carbonyl (C=O) groups excluding carboxylic acids is 3. The Balaban J connectivity index is 2.66. The summed E-state index contributed by atoms with van der Waals surface area (Å²) in [6.45, 7) is 7.29. The van der Waals surface area contributed by atoms with Gasteiger partial charge in [-0.1, -0.05) is 50.3 Å². The highest BCUT2D eigenvalue weighted by molar-refractivity contribution is 5.89. The fraction of sp³-hybridized carbons (Fsp3) is 0.450. The van der Waals surface area contributed by atoms with Crippen LogP contribution >= 0.6 is 0 Å². The third kappa shape index (κ3) is 7.94. The van der Waals surface area contributed by atoms with Crippen LogP contribution in [0.25, 0.3) is 0 Å². The zero-order chi connectivity index (χ0) is 20.2. The highest BCUT2D eigenvalue weighted by Gasteiger charge is 2.29. The summed E-state index contributed by atoms with van der Waals surface area (Å²) >= 11 is 0. The fourth-order valence-corrected chi connectivity index (χ4v) is 2.36. The van der Waals surface area contributed by atoms with E-state index < -0.39 is 30.1 Å². The van der Waals surface area contributed by atoms with Gasteiger partial charge in [-0.2, -0.15) is 0 Å². The highest BCUT2D eigenvalue weighted by Crippen LogP contribution is 2.07. The number of hydrogen-bond donors (Lipinski definition) is 2. The number of ether oxygens (including phenoxy) is 2. The lowest BCUT2D eigenvalue weighted by atomic mass is 10.0. The van der Waals surface area contributed by atoms with Gasteiger partial charge in [0, 0.05) is 0 Å². The molecule has 0 heterocycles. The number of methoxy groups -OCH3 is 1. The molecule has 1 aromatic carbocycles. The zero-order valence-corrected chi connectivity index (χ0v) is 16.1. The maximum Gasteiger partial charge on any atom is 0.408 e. The topological polar surface area (TPSA) is 93.7 Å². The molecule has 0 saturated heterocycles. The van der Waals surface area contributed by atoms with Crippen molar-refractivity contribution < 1.29 is 23.9 Å². The van der Waals surface area contributed by atoms with Gasteiger partial charge >= 0.3 is 12.1 Å².